The molecule has 7 heteroatoms. The number of rotatable bonds is 4. The van der Waals surface area contributed by atoms with Gasteiger partial charge in [-0.25, -0.2) is 4.83 Å². The van der Waals surface area contributed by atoms with Gasteiger partial charge in [0.1, 0.15) is 0 Å². The minimum Gasteiger partial charge on any atom is -0.200 e. The van der Waals surface area contributed by atoms with E-state index in [1.165, 1.54) is 18.3 Å². The molecule has 0 spiro atoms. The van der Waals surface area contributed by atoms with Gasteiger partial charge in [0.05, 0.1) is 11.1 Å². The Labute approximate surface area is 124 Å². The Morgan fingerprint density at radius 3 is 2.47 bits per heavy atom. The van der Waals surface area contributed by atoms with Crippen molar-refractivity contribution >= 4 is 43.5 Å². The summed E-state index contributed by atoms with van der Waals surface area (Å²) >= 11 is 4.80. The summed E-state index contributed by atoms with van der Waals surface area (Å²) in [5.74, 6) is 0. The zero-order valence-corrected chi connectivity index (χ0v) is 13.2. The van der Waals surface area contributed by atoms with Gasteiger partial charge in [-0.2, -0.15) is 13.5 Å². The Bertz CT molecular complexity index is 691. The summed E-state index contributed by atoms with van der Waals surface area (Å²) in [6.45, 7) is 1.98. The van der Waals surface area contributed by atoms with Crippen LogP contribution in [0.2, 0.25) is 0 Å². The van der Waals surface area contributed by atoms with Crippen LogP contribution in [-0.2, 0) is 10.0 Å². The van der Waals surface area contributed by atoms with Crippen molar-refractivity contribution < 1.29 is 8.42 Å². The van der Waals surface area contributed by atoms with E-state index < -0.39 is 10.0 Å². The molecule has 2 rings (SSSR count). The molecule has 19 heavy (non-hydrogen) atoms. The smallest absolute Gasteiger partial charge is 0.200 e. The van der Waals surface area contributed by atoms with E-state index in [0.717, 1.165) is 14.2 Å². The van der Waals surface area contributed by atoms with Gasteiger partial charge in [0.2, 0.25) is 0 Å². The van der Waals surface area contributed by atoms with E-state index >= 15 is 0 Å². The maximum atomic E-state index is 11.9. The van der Waals surface area contributed by atoms with Gasteiger partial charge in [0.25, 0.3) is 10.0 Å². The fourth-order valence-electron chi connectivity index (χ4n) is 1.35. The first-order valence-corrected chi connectivity index (χ1v) is 8.43. The van der Waals surface area contributed by atoms with Crippen molar-refractivity contribution in [2.75, 3.05) is 0 Å². The largest absolute Gasteiger partial charge is 0.276 e. The van der Waals surface area contributed by atoms with Gasteiger partial charge in [0, 0.05) is 14.2 Å². The highest BCUT2D eigenvalue weighted by atomic mass is 79.9. The van der Waals surface area contributed by atoms with Gasteiger partial charge in [-0.3, -0.25) is 0 Å². The molecular formula is C12H11BrN2O2S2. The van der Waals surface area contributed by atoms with Gasteiger partial charge < -0.3 is 0 Å². The molecule has 1 N–H and O–H groups in total. The van der Waals surface area contributed by atoms with Gasteiger partial charge in [-0.05, 0) is 43.3 Å². The van der Waals surface area contributed by atoms with Crippen LogP contribution in [0.1, 0.15) is 9.75 Å². The molecule has 0 aliphatic rings. The molecule has 0 unspecified atom stereocenters. The summed E-state index contributed by atoms with van der Waals surface area (Å²) in [7, 11) is -3.60. The standard InChI is InChI=1S/C12H11BrN2O2S2/c1-9-2-5-11(18-9)8-14-15-19(16,17)12-6-3-10(13)4-7-12/h2-8,15H,1H3/b14-8+. The third-order valence-electron chi connectivity index (χ3n) is 2.25. The van der Waals surface area contributed by atoms with Crippen molar-refractivity contribution in [1.29, 1.82) is 0 Å². The first-order valence-electron chi connectivity index (χ1n) is 5.34. The zero-order valence-electron chi connectivity index (χ0n) is 10.00. The first kappa shape index (κ1) is 14.2. The molecule has 0 aliphatic heterocycles. The molecule has 1 aromatic heterocycles. The van der Waals surface area contributed by atoms with Gasteiger partial charge in [0.15, 0.2) is 0 Å². The monoisotopic (exact) mass is 358 g/mol. The summed E-state index contributed by atoms with van der Waals surface area (Å²) in [4.78, 5) is 4.41. The lowest BCUT2D eigenvalue weighted by atomic mass is 10.4. The molecule has 0 fully saturated rings. The number of hydrazone groups is 1. The molecular weight excluding hydrogens is 348 g/mol. The predicted octanol–water partition coefficient (Wildman–Crippen LogP) is 3.13. The Balaban J connectivity index is 2.09. The highest BCUT2D eigenvalue weighted by Crippen LogP contribution is 2.15. The molecule has 2 aromatic rings. The Morgan fingerprint density at radius 1 is 1.21 bits per heavy atom. The van der Waals surface area contributed by atoms with Gasteiger partial charge in [-0.1, -0.05) is 15.9 Å². The summed E-state index contributed by atoms with van der Waals surface area (Å²) < 4.78 is 24.6. The maximum Gasteiger partial charge on any atom is 0.276 e. The van der Waals surface area contributed by atoms with E-state index in [1.807, 2.05) is 19.1 Å². The van der Waals surface area contributed by atoms with E-state index in [2.05, 4.69) is 25.9 Å². The number of thiophene rings is 1. The van der Waals surface area contributed by atoms with Crippen molar-refractivity contribution in [3.63, 3.8) is 0 Å². The first-order chi connectivity index (χ1) is 8.97. The zero-order chi connectivity index (χ0) is 13.9. The van der Waals surface area contributed by atoms with Gasteiger partial charge in [-0.15, -0.1) is 11.3 Å². The quantitative estimate of drug-likeness (QED) is 0.674. The van der Waals surface area contributed by atoms with Crippen LogP contribution in [-0.4, -0.2) is 14.6 Å². The van der Waals surface area contributed by atoms with E-state index in [1.54, 1.807) is 23.5 Å². The molecule has 0 saturated heterocycles. The van der Waals surface area contributed by atoms with E-state index in [9.17, 15) is 8.42 Å². The molecule has 0 atom stereocenters. The molecule has 4 nitrogen and oxygen atoms in total. The second-order valence-electron chi connectivity index (χ2n) is 3.76. The Hall–Kier alpha value is -1.18. The number of hydrogen-bond acceptors (Lipinski definition) is 4. The SMILES string of the molecule is Cc1ccc(/C=N/NS(=O)(=O)c2ccc(Br)cc2)s1. The summed E-state index contributed by atoms with van der Waals surface area (Å²) in [5.41, 5.74) is 0. The van der Waals surface area contributed by atoms with Crippen LogP contribution in [0.25, 0.3) is 0 Å². The highest BCUT2D eigenvalue weighted by molar-refractivity contribution is 9.10. The third-order valence-corrected chi connectivity index (χ3v) is 4.95. The summed E-state index contributed by atoms with van der Waals surface area (Å²) in [5, 5.41) is 3.76. The van der Waals surface area contributed by atoms with Gasteiger partial charge >= 0.3 is 0 Å². The van der Waals surface area contributed by atoms with Crippen molar-refractivity contribution in [3.8, 4) is 0 Å². The number of halogens is 1. The fourth-order valence-corrected chi connectivity index (χ4v) is 3.15. The number of benzene rings is 1. The van der Waals surface area contributed by atoms with E-state index in [-0.39, 0.29) is 4.90 Å². The van der Waals surface area contributed by atoms with Crippen LogP contribution >= 0.6 is 27.3 Å². The van der Waals surface area contributed by atoms with Crippen molar-refractivity contribution in [3.05, 3.63) is 50.6 Å². The molecule has 0 amide bonds. The lowest BCUT2D eigenvalue weighted by molar-refractivity contribution is 0.584. The molecule has 0 saturated carbocycles. The average Bonchev–Trinajstić information content (AvgIpc) is 2.75. The van der Waals surface area contributed by atoms with E-state index in [4.69, 9.17) is 0 Å². The Kier molecular flexibility index (Phi) is 4.38. The number of nitrogens with zero attached hydrogens (tertiary/aromatic N) is 1. The summed E-state index contributed by atoms with van der Waals surface area (Å²) in [6.07, 6.45) is 1.49. The molecule has 0 radical (unpaired) electrons. The third kappa shape index (κ3) is 3.89. The number of nitrogens with one attached hydrogen (secondary N) is 1. The normalized spacial score (nSPS) is 11.9. The number of sulfonamides is 1. The fraction of sp³-hybridized carbons (Fsp3) is 0.0833. The van der Waals surface area contributed by atoms with Crippen LogP contribution in [0.4, 0.5) is 0 Å². The van der Waals surface area contributed by atoms with Crippen LogP contribution < -0.4 is 4.83 Å². The minimum absolute atomic E-state index is 0.176. The van der Waals surface area contributed by atoms with Crippen molar-refractivity contribution in [1.82, 2.24) is 4.83 Å². The number of hydrogen-bond donors (Lipinski definition) is 1. The minimum atomic E-state index is -3.60. The van der Waals surface area contributed by atoms with E-state index in [0.29, 0.717) is 0 Å². The number of aryl methyl sites for hydroxylation is 1. The Morgan fingerprint density at radius 2 is 1.89 bits per heavy atom. The second kappa shape index (κ2) is 5.85. The topological polar surface area (TPSA) is 58.5 Å². The molecule has 100 valence electrons. The molecule has 1 aromatic carbocycles. The average molecular weight is 359 g/mol. The lowest BCUT2D eigenvalue weighted by Crippen LogP contribution is -2.18. The maximum absolute atomic E-state index is 11.9. The molecule has 0 bridgehead atoms. The molecule has 1 heterocycles. The van der Waals surface area contributed by atoms with Crippen molar-refractivity contribution in [2.24, 2.45) is 5.10 Å². The molecule has 0 aliphatic carbocycles. The predicted molar refractivity (Wildman–Crippen MR) is 81.1 cm³/mol. The van der Waals surface area contributed by atoms with Crippen LogP contribution in [0.5, 0.6) is 0 Å². The van der Waals surface area contributed by atoms with Crippen molar-refractivity contribution in [2.45, 2.75) is 11.8 Å². The van der Waals surface area contributed by atoms with Crippen LogP contribution in [0.15, 0.2) is 50.9 Å². The second-order valence-corrected chi connectivity index (χ2v) is 7.65. The lowest BCUT2D eigenvalue weighted by Gasteiger charge is -2.02. The van der Waals surface area contributed by atoms with Crippen LogP contribution in [0, 0.1) is 6.92 Å². The highest BCUT2D eigenvalue weighted by Gasteiger charge is 2.11. The van der Waals surface area contributed by atoms with Crippen LogP contribution in [0.3, 0.4) is 0 Å². The summed E-state index contributed by atoms with van der Waals surface area (Å²) in [6, 6.07) is 10.2.